The Hall–Kier alpha value is -5.96. The number of hydrogen-bond donors (Lipinski definition) is 2. The number of nitrogens with zero attached hydrogens (tertiary/aromatic N) is 8. The number of anilines is 2. The summed E-state index contributed by atoms with van der Waals surface area (Å²) in [6.45, 7) is 0.235. The SMILES string of the molecule is CN(C)CC(=O)N(C)c1cccc2c1CCN(C(=O)/C=C/c1c(-n3cnnn3)ccc(O)c1F)[C@@H]2C(=O)N(C)c1ccc(C(=O)O)cc1. The second-order valence-electron chi connectivity index (χ2n) is 11.4. The van der Waals surface area contributed by atoms with Gasteiger partial charge in [0.05, 0.1) is 17.8 Å². The van der Waals surface area contributed by atoms with Gasteiger partial charge in [-0.05, 0) is 90.6 Å². The molecular weight excluding hydrogens is 623 g/mol. The fraction of sp³-hybridized carbons (Fsp3) is 0.242. The molecule has 0 radical (unpaired) electrons. The number of aromatic hydroxyl groups is 1. The number of halogens is 1. The quantitative estimate of drug-likeness (QED) is 0.256. The van der Waals surface area contributed by atoms with E-state index in [-0.39, 0.29) is 35.8 Å². The Balaban J connectivity index is 1.56. The minimum atomic E-state index is -1.17. The number of carboxylic acids is 1. The van der Waals surface area contributed by atoms with Gasteiger partial charge in [0.2, 0.25) is 11.8 Å². The highest BCUT2D eigenvalue weighted by molar-refractivity contribution is 6.03. The number of benzene rings is 3. The predicted octanol–water partition coefficient (Wildman–Crippen LogP) is 2.53. The summed E-state index contributed by atoms with van der Waals surface area (Å²) < 4.78 is 16.3. The number of rotatable bonds is 9. The highest BCUT2D eigenvalue weighted by Gasteiger charge is 2.38. The average molecular weight is 657 g/mol. The molecular formula is C33H33FN8O6. The number of phenols is 1. The molecule has 15 heteroatoms. The normalized spacial score (nSPS) is 14.2. The van der Waals surface area contributed by atoms with Crippen molar-refractivity contribution in [2.45, 2.75) is 12.5 Å². The Morgan fingerprint density at radius 2 is 1.73 bits per heavy atom. The van der Waals surface area contributed by atoms with Gasteiger partial charge in [-0.15, -0.1) is 5.10 Å². The van der Waals surface area contributed by atoms with Crippen molar-refractivity contribution in [1.82, 2.24) is 30.0 Å². The third-order valence-corrected chi connectivity index (χ3v) is 8.06. The van der Waals surface area contributed by atoms with E-state index in [0.29, 0.717) is 28.9 Å². The summed E-state index contributed by atoms with van der Waals surface area (Å²) in [7, 11) is 6.74. The molecule has 3 amide bonds. The first-order valence-corrected chi connectivity index (χ1v) is 14.8. The third kappa shape index (κ3) is 6.62. The van der Waals surface area contributed by atoms with Gasteiger partial charge < -0.3 is 29.8 Å². The highest BCUT2D eigenvalue weighted by atomic mass is 19.1. The summed E-state index contributed by atoms with van der Waals surface area (Å²) in [5, 5.41) is 30.3. The molecule has 0 unspecified atom stereocenters. The highest BCUT2D eigenvalue weighted by Crippen LogP contribution is 2.37. The molecule has 1 aliphatic rings. The van der Waals surface area contributed by atoms with Crippen LogP contribution in [0.4, 0.5) is 15.8 Å². The van der Waals surface area contributed by atoms with Crippen LogP contribution in [0.3, 0.4) is 0 Å². The molecule has 0 saturated heterocycles. The summed E-state index contributed by atoms with van der Waals surface area (Å²) in [5.41, 5.74) is 2.25. The van der Waals surface area contributed by atoms with Gasteiger partial charge in [-0.2, -0.15) is 4.68 Å². The molecule has 3 aromatic carbocycles. The molecule has 4 aromatic rings. The molecule has 0 fully saturated rings. The van der Waals surface area contributed by atoms with E-state index in [2.05, 4.69) is 15.5 Å². The average Bonchev–Trinajstić information content (AvgIpc) is 3.61. The van der Waals surface area contributed by atoms with Crippen LogP contribution in [0.25, 0.3) is 11.8 Å². The molecule has 0 spiro atoms. The number of carboxylic acid groups (broad SMARTS) is 1. The van der Waals surface area contributed by atoms with Gasteiger partial charge in [0, 0.05) is 43.7 Å². The lowest BCUT2D eigenvalue weighted by molar-refractivity contribution is -0.136. The fourth-order valence-corrected chi connectivity index (χ4v) is 5.57. The largest absolute Gasteiger partial charge is 0.505 e. The second kappa shape index (κ2) is 13.8. The maximum Gasteiger partial charge on any atom is 0.335 e. The standard InChI is InChI=1S/C33H33FN8O6/c1-38(2)18-29(45)40(4)25-7-5-6-23-22(25)16-17-41(31(23)32(46)39(3)21-10-8-20(9-11-21)33(47)48)28(44)15-12-24-26(42-19-35-36-37-42)13-14-27(43)30(24)34/h5-15,19,31,43H,16-18H2,1-4H3,(H,47,48)/b15-12+/t31-/m0/s1. The van der Waals surface area contributed by atoms with E-state index in [9.17, 15) is 29.4 Å². The lowest BCUT2D eigenvalue weighted by Crippen LogP contribution is -2.48. The number of aromatic nitrogens is 4. The van der Waals surface area contributed by atoms with Crippen molar-refractivity contribution < 1.29 is 33.8 Å². The molecule has 2 N–H and O–H groups in total. The molecule has 1 atom stereocenters. The van der Waals surface area contributed by atoms with Crippen LogP contribution in [-0.4, -0.2) is 105 Å². The predicted molar refractivity (Wildman–Crippen MR) is 173 cm³/mol. The zero-order chi connectivity index (χ0) is 34.7. The van der Waals surface area contributed by atoms with Gasteiger partial charge in [0.15, 0.2) is 11.6 Å². The number of aromatic carboxylic acids is 1. The smallest absolute Gasteiger partial charge is 0.335 e. The Bertz CT molecular complexity index is 1890. The van der Waals surface area contributed by atoms with E-state index < -0.39 is 35.4 Å². The maximum atomic E-state index is 15.1. The Morgan fingerprint density at radius 3 is 2.38 bits per heavy atom. The van der Waals surface area contributed by atoms with Crippen molar-refractivity contribution in [3.8, 4) is 11.4 Å². The van der Waals surface area contributed by atoms with Crippen LogP contribution in [0.15, 0.2) is 67.0 Å². The Kier molecular flexibility index (Phi) is 9.61. The van der Waals surface area contributed by atoms with E-state index in [0.717, 1.165) is 12.1 Å². The van der Waals surface area contributed by atoms with Gasteiger partial charge >= 0.3 is 5.97 Å². The van der Waals surface area contributed by atoms with Crippen LogP contribution >= 0.6 is 0 Å². The van der Waals surface area contributed by atoms with Gasteiger partial charge in [0.25, 0.3) is 5.91 Å². The molecule has 248 valence electrons. The summed E-state index contributed by atoms with van der Waals surface area (Å²) in [5.74, 6) is -4.05. The summed E-state index contributed by atoms with van der Waals surface area (Å²) in [6, 6.07) is 12.3. The first-order valence-electron chi connectivity index (χ1n) is 14.8. The number of tetrazole rings is 1. The number of likely N-dealkylation sites (N-methyl/N-ethyl adjacent to an activating group) is 3. The Morgan fingerprint density at radius 1 is 1.00 bits per heavy atom. The minimum Gasteiger partial charge on any atom is -0.505 e. The number of amides is 3. The minimum absolute atomic E-state index is 0.0415. The molecule has 48 heavy (non-hydrogen) atoms. The zero-order valence-electron chi connectivity index (χ0n) is 26.6. The zero-order valence-corrected chi connectivity index (χ0v) is 26.6. The lowest BCUT2D eigenvalue weighted by Gasteiger charge is -2.39. The van der Waals surface area contributed by atoms with Crippen LogP contribution in [0.2, 0.25) is 0 Å². The van der Waals surface area contributed by atoms with Crippen LogP contribution in [0, 0.1) is 5.82 Å². The second-order valence-corrected chi connectivity index (χ2v) is 11.4. The molecule has 14 nitrogen and oxygen atoms in total. The van der Waals surface area contributed by atoms with Gasteiger partial charge in [-0.3, -0.25) is 14.4 Å². The molecule has 2 heterocycles. The van der Waals surface area contributed by atoms with Crippen molar-refractivity contribution >= 4 is 41.1 Å². The first-order chi connectivity index (χ1) is 22.9. The van der Waals surface area contributed by atoms with Gasteiger partial charge in [-0.1, -0.05) is 12.1 Å². The number of carbonyl (C=O) groups excluding carboxylic acids is 3. The van der Waals surface area contributed by atoms with Gasteiger partial charge in [0.1, 0.15) is 12.4 Å². The van der Waals surface area contributed by atoms with Crippen molar-refractivity contribution in [2.24, 2.45) is 0 Å². The van der Waals surface area contributed by atoms with E-state index in [1.807, 2.05) is 0 Å². The molecule has 5 rings (SSSR count). The molecule has 0 bridgehead atoms. The molecule has 1 aromatic heterocycles. The van der Waals surface area contributed by atoms with E-state index in [4.69, 9.17) is 0 Å². The fourth-order valence-electron chi connectivity index (χ4n) is 5.57. The van der Waals surface area contributed by atoms with Crippen LogP contribution < -0.4 is 9.80 Å². The topological polar surface area (TPSA) is 165 Å². The number of phenolic OH excluding ortho intramolecular Hbond substituents is 1. The van der Waals surface area contributed by atoms with Crippen LogP contribution in [-0.2, 0) is 20.8 Å². The van der Waals surface area contributed by atoms with Crippen LogP contribution in [0.1, 0.15) is 33.1 Å². The number of carbonyl (C=O) groups is 4. The number of fused-ring (bicyclic) bond motifs is 1. The number of hydrogen-bond acceptors (Lipinski definition) is 9. The molecule has 0 aliphatic carbocycles. The summed E-state index contributed by atoms with van der Waals surface area (Å²) in [6.07, 6.45) is 3.83. The van der Waals surface area contributed by atoms with E-state index in [1.54, 1.807) is 44.2 Å². The third-order valence-electron chi connectivity index (χ3n) is 8.06. The van der Waals surface area contributed by atoms with Crippen molar-refractivity contribution in [2.75, 3.05) is 51.1 Å². The summed E-state index contributed by atoms with van der Waals surface area (Å²) in [4.78, 5) is 58.6. The van der Waals surface area contributed by atoms with Gasteiger partial charge in [-0.25, -0.2) is 9.18 Å². The van der Waals surface area contributed by atoms with Crippen LogP contribution in [0.5, 0.6) is 5.75 Å². The Labute approximate surface area is 274 Å². The van der Waals surface area contributed by atoms with E-state index >= 15 is 4.39 Å². The maximum absolute atomic E-state index is 15.1. The molecule has 1 aliphatic heterocycles. The molecule has 0 saturated carbocycles. The lowest BCUT2D eigenvalue weighted by atomic mass is 9.89. The van der Waals surface area contributed by atoms with E-state index in [1.165, 1.54) is 69.2 Å². The first kappa shape index (κ1) is 33.4. The monoisotopic (exact) mass is 656 g/mol. The van der Waals surface area contributed by atoms with Crippen molar-refractivity contribution in [3.63, 3.8) is 0 Å². The van der Waals surface area contributed by atoms with Crippen molar-refractivity contribution in [1.29, 1.82) is 0 Å². The summed E-state index contributed by atoms with van der Waals surface area (Å²) >= 11 is 0. The van der Waals surface area contributed by atoms with Crippen molar-refractivity contribution in [3.05, 3.63) is 95.1 Å².